The molecule has 0 radical (unpaired) electrons. The molecular weight excluding hydrogens is 341 g/mol. The monoisotopic (exact) mass is 357 g/mol. The molecule has 0 saturated carbocycles. The smallest absolute Gasteiger partial charge is 0.206 e. The Hall–Kier alpha value is -2.86. The molecule has 0 aliphatic heterocycles. The fourth-order valence-corrected chi connectivity index (χ4v) is 3.57. The Morgan fingerprint density at radius 3 is 2.20 bits per heavy atom. The van der Waals surface area contributed by atoms with Gasteiger partial charge in [0.2, 0.25) is 9.84 Å². The van der Waals surface area contributed by atoms with Gasteiger partial charge < -0.3 is 10.5 Å². The van der Waals surface area contributed by atoms with Crippen molar-refractivity contribution < 1.29 is 17.5 Å². The van der Waals surface area contributed by atoms with Crippen LogP contribution in [-0.2, 0) is 16.4 Å². The highest BCUT2D eigenvalue weighted by molar-refractivity contribution is 7.91. The van der Waals surface area contributed by atoms with Crippen LogP contribution in [0.1, 0.15) is 5.56 Å². The summed E-state index contributed by atoms with van der Waals surface area (Å²) in [6, 6.07) is 18.4. The minimum Gasteiger partial charge on any atom is -0.487 e. The van der Waals surface area contributed by atoms with Crippen molar-refractivity contribution in [3.8, 4) is 5.75 Å². The van der Waals surface area contributed by atoms with Crippen LogP contribution in [0.4, 0.5) is 10.1 Å². The van der Waals surface area contributed by atoms with Crippen LogP contribution < -0.4 is 10.5 Å². The Bertz CT molecular complexity index is 971. The molecule has 0 unspecified atom stereocenters. The Labute approximate surface area is 145 Å². The van der Waals surface area contributed by atoms with E-state index in [1.54, 1.807) is 0 Å². The molecule has 0 aliphatic carbocycles. The average Bonchev–Trinajstić information content (AvgIpc) is 2.62. The highest BCUT2D eigenvalue weighted by atomic mass is 32.2. The summed E-state index contributed by atoms with van der Waals surface area (Å²) >= 11 is 0. The van der Waals surface area contributed by atoms with Gasteiger partial charge in [-0.2, -0.15) is 0 Å². The fraction of sp³-hybridized carbons (Fsp3) is 0.0526. The molecule has 0 saturated heterocycles. The van der Waals surface area contributed by atoms with Crippen LogP contribution in [0, 0.1) is 5.82 Å². The lowest BCUT2D eigenvalue weighted by Gasteiger charge is -2.11. The number of nitrogens with two attached hydrogens (primary N) is 1. The number of hydrogen-bond acceptors (Lipinski definition) is 4. The topological polar surface area (TPSA) is 69.4 Å². The molecule has 6 heteroatoms. The van der Waals surface area contributed by atoms with Crippen molar-refractivity contribution in [1.82, 2.24) is 0 Å². The first-order valence-corrected chi connectivity index (χ1v) is 9.02. The van der Waals surface area contributed by atoms with Gasteiger partial charge in [-0.15, -0.1) is 0 Å². The van der Waals surface area contributed by atoms with Gasteiger partial charge in [0.15, 0.2) is 0 Å². The average molecular weight is 357 g/mol. The molecule has 0 fully saturated rings. The summed E-state index contributed by atoms with van der Waals surface area (Å²) < 4.78 is 44.0. The second-order valence-corrected chi connectivity index (χ2v) is 7.38. The summed E-state index contributed by atoms with van der Waals surface area (Å²) in [6.07, 6.45) is 0. The SMILES string of the molecule is Nc1ccc(S(=O)(=O)c2ccc(F)cc2)cc1OCc1ccccc1. The van der Waals surface area contributed by atoms with Gasteiger partial charge in [-0.3, -0.25) is 0 Å². The largest absolute Gasteiger partial charge is 0.487 e. The lowest BCUT2D eigenvalue weighted by Crippen LogP contribution is -2.04. The van der Waals surface area contributed by atoms with E-state index in [1.165, 1.54) is 30.3 Å². The maximum Gasteiger partial charge on any atom is 0.206 e. The lowest BCUT2D eigenvalue weighted by atomic mass is 10.2. The third-order valence-corrected chi connectivity index (χ3v) is 5.42. The number of halogens is 1. The maximum absolute atomic E-state index is 13.0. The molecule has 0 spiro atoms. The normalized spacial score (nSPS) is 11.2. The Morgan fingerprint density at radius 2 is 1.52 bits per heavy atom. The van der Waals surface area contributed by atoms with Crippen LogP contribution in [0.25, 0.3) is 0 Å². The quantitative estimate of drug-likeness (QED) is 0.557. The Kier molecular flexibility index (Phi) is 4.72. The number of hydrogen-bond donors (Lipinski definition) is 1. The van der Waals surface area contributed by atoms with E-state index in [-0.39, 0.29) is 22.1 Å². The van der Waals surface area contributed by atoms with E-state index < -0.39 is 15.7 Å². The predicted octanol–water partition coefficient (Wildman–Crippen LogP) is 3.82. The number of anilines is 1. The fourth-order valence-electron chi connectivity index (χ4n) is 2.29. The van der Waals surface area contributed by atoms with Crippen LogP contribution >= 0.6 is 0 Å². The first-order valence-electron chi connectivity index (χ1n) is 7.54. The summed E-state index contributed by atoms with van der Waals surface area (Å²) in [4.78, 5) is 0.0454. The van der Waals surface area contributed by atoms with Crippen LogP contribution in [-0.4, -0.2) is 8.42 Å². The predicted molar refractivity (Wildman–Crippen MR) is 93.5 cm³/mol. The number of sulfone groups is 1. The van der Waals surface area contributed by atoms with Gasteiger partial charge in [0.1, 0.15) is 18.2 Å². The molecule has 3 aromatic rings. The first-order chi connectivity index (χ1) is 12.0. The van der Waals surface area contributed by atoms with Crippen LogP contribution in [0.3, 0.4) is 0 Å². The van der Waals surface area contributed by atoms with E-state index in [2.05, 4.69) is 0 Å². The van der Waals surface area contributed by atoms with Gasteiger partial charge in [0.05, 0.1) is 15.5 Å². The van der Waals surface area contributed by atoms with Crippen molar-refractivity contribution in [3.63, 3.8) is 0 Å². The van der Waals surface area contributed by atoms with Gasteiger partial charge in [-0.1, -0.05) is 30.3 Å². The van der Waals surface area contributed by atoms with E-state index in [4.69, 9.17) is 10.5 Å². The van der Waals surface area contributed by atoms with Crippen molar-refractivity contribution in [3.05, 3.63) is 84.2 Å². The molecule has 0 amide bonds. The molecule has 3 aromatic carbocycles. The molecule has 0 aliphatic rings. The summed E-state index contributed by atoms with van der Waals surface area (Å²) in [5.74, 6) is -0.213. The number of benzene rings is 3. The van der Waals surface area contributed by atoms with Crippen molar-refractivity contribution in [1.29, 1.82) is 0 Å². The van der Waals surface area contributed by atoms with Crippen LogP contribution in [0.2, 0.25) is 0 Å². The Morgan fingerprint density at radius 1 is 0.880 bits per heavy atom. The van der Waals surface area contributed by atoms with Crippen LogP contribution in [0.5, 0.6) is 5.75 Å². The maximum atomic E-state index is 13.0. The van der Waals surface area contributed by atoms with Gasteiger partial charge in [0.25, 0.3) is 0 Å². The summed E-state index contributed by atoms with van der Waals surface area (Å²) in [5.41, 5.74) is 7.17. The summed E-state index contributed by atoms with van der Waals surface area (Å²) in [6.45, 7) is 0.269. The zero-order valence-electron chi connectivity index (χ0n) is 13.2. The van der Waals surface area contributed by atoms with Crippen molar-refractivity contribution in [2.24, 2.45) is 0 Å². The zero-order chi connectivity index (χ0) is 17.9. The lowest BCUT2D eigenvalue weighted by molar-refractivity contribution is 0.307. The molecule has 128 valence electrons. The molecule has 4 nitrogen and oxygen atoms in total. The van der Waals surface area contributed by atoms with Gasteiger partial charge in [-0.25, -0.2) is 12.8 Å². The van der Waals surface area contributed by atoms with Crippen molar-refractivity contribution >= 4 is 15.5 Å². The molecular formula is C19H16FNO3S. The first kappa shape index (κ1) is 17.0. The van der Waals surface area contributed by atoms with E-state index >= 15 is 0 Å². The number of ether oxygens (including phenoxy) is 1. The van der Waals surface area contributed by atoms with E-state index in [0.29, 0.717) is 5.69 Å². The zero-order valence-corrected chi connectivity index (χ0v) is 14.0. The number of nitrogen functional groups attached to an aromatic ring is 1. The minimum atomic E-state index is -3.78. The highest BCUT2D eigenvalue weighted by Gasteiger charge is 2.19. The van der Waals surface area contributed by atoms with Gasteiger partial charge in [0, 0.05) is 6.07 Å². The summed E-state index contributed by atoms with van der Waals surface area (Å²) in [5, 5.41) is 0. The van der Waals surface area contributed by atoms with E-state index in [9.17, 15) is 12.8 Å². The molecule has 0 aromatic heterocycles. The van der Waals surface area contributed by atoms with Gasteiger partial charge >= 0.3 is 0 Å². The summed E-state index contributed by atoms with van der Waals surface area (Å²) in [7, 11) is -3.78. The molecule has 25 heavy (non-hydrogen) atoms. The van der Waals surface area contributed by atoms with Gasteiger partial charge in [-0.05, 0) is 42.0 Å². The molecule has 3 rings (SSSR count). The van der Waals surface area contributed by atoms with Crippen molar-refractivity contribution in [2.75, 3.05) is 5.73 Å². The minimum absolute atomic E-state index is 0.00711. The second kappa shape index (κ2) is 6.94. The van der Waals surface area contributed by atoms with E-state index in [1.807, 2.05) is 30.3 Å². The third-order valence-electron chi connectivity index (χ3n) is 3.66. The second-order valence-electron chi connectivity index (χ2n) is 5.43. The Balaban J connectivity index is 1.89. The molecule has 2 N–H and O–H groups in total. The van der Waals surface area contributed by atoms with E-state index in [0.717, 1.165) is 17.7 Å². The number of rotatable bonds is 5. The molecule has 0 bridgehead atoms. The van der Waals surface area contributed by atoms with Crippen molar-refractivity contribution in [2.45, 2.75) is 16.4 Å². The standard InChI is InChI=1S/C19H16FNO3S/c20-15-6-8-16(9-7-15)25(22,23)17-10-11-18(21)19(12-17)24-13-14-4-2-1-3-5-14/h1-12H,13,21H2. The van der Waals surface area contributed by atoms with Crippen LogP contribution in [0.15, 0.2) is 82.6 Å². The highest BCUT2D eigenvalue weighted by Crippen LogP contribution is 2.29. The molecule has 0 atom stereocenters. The third kappa shape index (κ3) is 3.80. The molecule has 0 heterocycles.